The Kier molecular flexibility index (Phi) is 14.6. The minimum atomic E-state index is -4.57. The number of hydrogen-bond acceptors (Lipinski definition) is 9. The third kappa shape index (κ3) is 9.95. The van der Waals surface area contributed by atoms with E-state index >= 15 is 0 Å². The van der Waals surface area contributed by atoms with Crippen LogP contribution in [0, 0.1) is 5.92 Å². The summed E-state index contributed by atoms with van der Waals surface area (Å²) in [7, 11) is 1.41. The van der Waals surface area contributed by atoms with E-state index in [-0.39, 0.29) is 85.6 Å². The molecule has 1 aromatic heterocycles. The summed E-state index contributed by atoms with van der Waals surface area (Å²) in [5.74, 6) is -0.0177. The van der Waals surface area contributed by atoms with Crippen molar-refractivity contribution in [1.29, 1.82) is 0 Å². The van der Waals surface area contributed by atoms with Crippen molar-refractivity contribution in [2.75, 3.05) is 66.3 Å². The lowest BCUT2D eigenvalue weighted by atomic mass is 9.81. The molecule has 4 heterocycles. The van der Waals surface area contributed by atoms with Crippen LogP contribution in [-0.2, 0) is 16.1 Å². The lowest BCUT2D eigenvalue weighted by molar-refractivity contribution is -0.154. The first-order valence-electron chi connectivity index (χ1n) is 17.0. The molecule has 0 radical (unpaired) electrons. The summed E-state index contributed by atoms with van der Waals surface area (Å²) in [6, 6.07) is 20.6. The third-order valence-electron chi connectivity index (χ3n) is 9.58. The molecule has 3 aliphatic rings. The fourth-order valence-corrected chi connectivity index (χ4v) is 7.41. The van der Waals surface area contributed by atoms with Gasteiger partial charge in [-0.3, -0.25) is 14.6 Å². The van der Waals surface area contributed by atoms with E-state index in [1.165, 1.54) is 7.11 Å². The Morgan fingerprint density at radius 2 is 1.53 bits per heavy atom. The minimum absolute atomic E-state index is 0. The summed E-state index contributed by atoms with van der Waals surface area (Å²) in [5, 5.41) is 0. The highest BCUT2D eigenvalue weighted by molar-refractivity contribution is 5.85. The van der Waals surface area contributed by atoms with Gasteiger partial charge in [-0.2, -0.15) is 23.1 Å². The number of nitrogens with zero attached hydrogens (tertiary/aromatic N) is 5. The zero-order chi connectivity index (χ0) is 34.4. The van der Waals surface area contributed by atoms with Crippen LogP contribution in [0.15, 0.2) is 60.7 Å². The molecule has 51 heavy (non-hydrogen) atoms. The van der Waals surface area contributed by atoms with Gasteiger partial charge in [-0.05, 0) is 30.9 Å². The van der Waals surface area contributed by atoms with Crippen LogP contribution >= 0.6 is 24.8 Å². The molecular formula is C36H46Cl2F3N5O5. The fraction of sp³-hybridized carbons (Fsp3) is 0.528. The molecular weight excluding hydrogens is 710 g/mol. The Morgan fingerprint density at radius 3 is 2.12 bits per heavy atom. The lowest BCUT2D eigenvalue weighted by Gasteiger charge is -2.54. The van der Waals surface area contributed by atoms with Crippen LogP contribution < -0.4 is 14.2 Å². The Bertz CT molecular complexity index is 1500. The van der Waals surface area contributed by atoms with Crippen LogP contribution in [0.25, 0.3) is 0 Å². The molecule has 0 aliphatic carbocycles. The third-order valence-corrected chi connectivity index (χ3v) is 9.58. The van der Waals surface area contributed by atoms with E-state index in [4.69, 9.17) is 18.9 Å². The van der Waals surface area contributed by atoms with Gasteiger partial charge in [-0.15, -0.1) is 24.8 Å². The largest absolute Gasteiger partial charge is 0.481 e. The van der Waals surface area contributed by atoms with E-state index in [0.29, 0.717) is 51.5 Å². The van der Waals surface area contributed by atoms with Gasteiger partial charge in [-0.25, -0.2) is 0 Å². The Hall–Kier alpha value is -3.36. The summed E-state index contributed by atoms with van der Waals surface area (Å²) < 4.78 is 61.9. The quantitative estimate of drug-likeness (QED) is 0.247. The van der Waals surface area contributed by atoms with Crippen LogP contribution in [0.3, 0.4) is 0 Å². The van der Waals surface area contributed by atoms with Gasteiger partial charge in [0.05, 0.1) is 19.3 Å². The fourth-order valence-electron chi connectivity index (χ4n) is 7.41. The molecule has 1 amide bonds. The lowest BCUT2D eigenvalue weighted by Crippen LogP contribution is -2.67. The maximum atomic E-state index is 13.7. The van der Waals surface area contributed by atoms with Crippen LogP contribution in [-0.4, -0.2) is 115 Å². The molecule has 3 aliphatic heterocycles. The highest BCUT2D eigenvalue weighted by Crippen LogP contribution is 2.38. The average molecular weight is 757 g/mol. The number of fused-ring (bicyclic) bond motifs is 1. The van der Waals surface area contributed by atoms with Crippen molar-refractivity contribution in [1.82, 2.24) is 24.7 Å². The van der Waals surface area contributed by atoms with E-state index in [1.807, 2.05) is 41.3 Å². The average Bonchev–Trinajstić information content (AvgIpc) is 3.12. The molecule has 280 valence electrons. The van der Waals surface area contributed by atoms with Gasteiger partial charge in [0.1, 0.15) is 0 Å². The summed E-state index contributed by atoms with van der Waals surface area (Å²) in [6.45, 7) is 4.85. The van der Waals surface area contributed by atoms with Crippen molar-refractivity contribution in [3.63, 3.8) is 0 Å². The number of alkyl halides is 3. The summed E-state index contributed by atoms with van der Waals surface area (Å²) in [6.07, 6.45) is -3.12. The second-order valence-corrected chi connectivity index (χ2v) is 12.8. The van der Waals surface area contributed by atoms with Crippen LogP contribution in [0.5, 0.6) is 17.8 Å². The molecule has 10 nitrogen and oxygen atoms in total. The summed E-state index contributed by atoms with van der Waals surface area (Å²) in [5.41, 5.74) is 2.64. The molecule has 0 N–H and O–H groups in total. The number of amides is 1. The summed E-state index contributed by atoms with van der Waals surface area (Å²) in [4.78, 5) is 29.0. The molecule has 0 saturated carbocycles. The second kappa shape index (κ2) is 18.4. The molecule has 2 aromatic carbocycles. The first-order valence-corrected chi connectivity index (χ1v) is 17.0. The van der Waals surface area contributed by atoms with Gasteiger partial charge in [0.15, 0.2) is 6.61 Å². The Balaban J connectivity index is 0.00000292. The number of rotatable bonds is 11. The molecule has 0 spiro atoms. The van der Waals surface area contributed by atoms with Gasteiger partial charge < -0.3 is 23.8 Å². The van der Waals surface area contributed by atoms with E-state index in [1.54, 1.807) is 6.92 Å². The van der Waals surface area contributed by atoms with E-state index in [2.05, 4.69) is 44.0 Å². The number of benzene rings is 2. The maximum absolute atomic E-state index is 13.7. The van der Waals surface area contributed by atoms with E-state index in [0.717, 1.165) is 24.0 Å². The number of carbonyl (C=O) groups excluding carboxylic acids is 1. The topological polar surface area (TPSA) is 89.5 Å². The van der Waals surface area contributed by atoms with Gasteiger partial charge in [-0.1, -0.05) is 60.7 Å². The minimum Gasteiger partial charge on any atom is -0.481 e. The molecule has 2 atom stereocenters. The highest BCUT2D eigenvalue weighted by atomic mass is 35.5. The zero-order valence-corrected chi connectivity index (χ0v) is 30.4. The van der Waals surface area contributed by atoms with Gasteiger partial charge in [0.2, 0.25) is 17.7 Å². The number of hydrogen-bond donors (Lipinski definition) is 0. The molecule has 3 saturated heterocycles. The Labute approximate surface area is 309 Å². The number of methoxy groups -OCH3 is 1. The molecule has 0 unspecified atom stereocenters. The van der Waals surface area contributed by atoms with Crippen LogP contribution in [0.1, 0.15) is 42.4 Å². The molecule has 3 aromatic rings. The van der Waals surface area contributed by atoms with Crippen molar-refractivity contribution in [3.05, 3.63) is 77.4 Å². The number of aromatic nitrogens is 2. The number of halogens is 5. The summed E-state index contributed by atoms with van der Waals surface area (Å²) >= 11 is 0. The van der Waals surface area contributed by atoms with Gasteiger partial charge in [0, 0.05) is 76.4 Å². The number of carbonyl (C=O) groups is 1. The van der Waals surface area contributed by atoms with Crippen molar-refractivity contribution < 1.29 is 36.9 Å². The van der Waals surface area contributed by atoms with Gasteiger partial charge in [0.25, 0.3) is 0 Å². The SMILES string of the molecule is CCOc1nc(OC)c(CN2C[C@@H]3CN(C(=O)C4CCOCC4)CCN3[C@H](C(c3ccccc3)c3ccccc3)C2)c(OCC(F)(F)F)n1.Cl.Cl. The monoisotopic (exact) mass is 755 g/mol. The number of piperazine rings is 2. The molecule has 3 fully saturated rings. The first kappa shape index (κ1) is 40.4. The van der Waals surface area contributed by atoms with E-state index in [9.17, 15) is 18.0 Å². The zero-order valence-electron chi connectivity index (χ0n) is 28.8. The smallest absolute Gasteiger partial charge is 0.422 e. The molecule has 0 bridgehead atoms. The van der Waals surface area contributed by atoms with Crippen LogP contribution in [0.4, 0.5) is 13.2 Å². The predicted molar refractivity (Wildman–Crippen MR) is 190 cm³/mol. The van der Waals surface area contributed by atoms with E-state index < -0.39 is 12.8 Å². The molecule has 15 heteroatoms. The normalized spacial score (nSPS) is 20.2. The second-order valence-electron chi connectivity index (χ2n) is 12.8. The van der Waals surface area contributed by atoms with Gasteiger partial charge >= 0.3 is 12.2 Å². The standard InChI is InChI=1S/C36H44F3N5O5.2ClH/c1-3-48-35-40-32(46-2)29(33(41-35)49-24-36(37,38)39)22-42-20-28-21-43(34(45)27-14-18-47-19-15-27)16-17-44(28)30(23-42)31(25-10-6-4-7-11-25)26-12-8-5-9-13-26;;/h4-13,27-28,30-31H,3,14-24H2,1-2H3;2*1H/t28-,30+;;/m1../s1. The van der Waals surface area contributed by atoms with Crippen LogP contribution in [0.2, 0.25) is 0 Å². The van der Waals surface area contributed by atoms with Crippen molar-refractivity contribution >= 4 is 30.7 Å². The van der Waals surface area contributed by atoms with Crippen molar-refractivity contribution in [2.45, 2.75) is 50.5 Å². The van der Waals surface area contributed by atoms with Crippen molar-refractivity contribution in [3.8, 4) is 17.8 Å². The van der Waals surface area contributed by atoms with Crippen molar-refractivity contribution in [2.24, 2.45) is 5.92 Å². The molecule has 6 rings (SSSR count). The first-order chi connectivity index (χ1) is 23.7. The highest BCUT2D eigenvalue weighted by Gasteiger charge is 2.44. The predicted octanol–water partition coefficient (Wildman–Crippen LogP) is 5.62. The maximum Gasteiger partial charge on any atom is 0.422 e. The Morgan fingerprint density at radius 1 is 0.902 bits per heavy atom. The number of ether oxygens (including phenoxy) is 4.